The molecule has 0 aromatic heterocycles. The number of ether oxygens (including phenoxy) is 1. The Morgan fingerprint density at radius 1 is 1.05 bits per heavy atom. The zero-order chi connectivity index (χ0) is 16.1. The zero-order valence-corrected chi connectivity index (χ0v) is 12.8. The van der Waals surface area contributed by atoms with E-state index in [9.17, 15) is 9.59 Å². The first-order valence-corrected chi connectivity index (χ1v) is 6.81. The van der Waals surface area contributed by atoms with Crippen LogP contribution in [-0.2, 0) is 4.79 Å². The van der Waals surface area contributed by atoms with Gasteiger partial charge in [-0.25, -0.2) is 0 Å². The van der Waals surface area contributed by atoms with Crippen LogP contribution in [0.4, 0.5) is 11.4 Å². The Morgan fingerprint density at radius 3 is 2.27 bits per heavy atom. The number of benzene rings is 2. The van der Waals surface area contributed by atoms with Crippen LogP contribution in [0.5, 0.6) is 5.75 Å². The van der Waals surface area contributed by atoms with Gasteiger partial charge in [-0.1, -0.05) is 12.1 Å². The molecule has 0 saturated heterocycles. The number of amides is 2. The third kappa shape index (κ3) is 3.44. The number of hydrogen-bond acceptors (Lipinski definition) is 3. The van der Waals surface area contributed by atoms with Crippen molar-refractivity contribution in [1.82, 2.24) is 0 Å². The van der Waals surface area contributed by atoms with Gasteiger partial charge in [0.2, 0.25) is 5.91 Å². The molecule has 0 unspecified atom stereocenters. The lowest BCUT2D eigenvalue weighted by molar-refractivity contribution is -0.116. The average molecular weight is 298 g/mol. The molecule has 0 aliphatic rings. The molecule has 0 saturated carbocycles. The van der Waals surface area contributed by atoms with Crippen molar-refractivity contribution in [3.8, 4) is 5.75 Å². The monoisotopic (exact) mass is 298 g/mol. The number of para-hydroxylation sites is 1. The predicted molar refractivity (Wildman–Crippen MR) is 86.5 cm³/mol. The highest BCUT2D eigenvalue weighted by Gasteiger charge is 2.12. The highest BCUT2D eigenvalue weighted by Crippen LogP contribution is 2.21. The van der Waals surface area contributed by atoms with Crippen molar-refractivity contribution >= 4 is 23.2 Å². The second-order valence-electron chi connectivity index (χ2n) is 4.78. The maximum atomic E-state index is 12.3. The summed E-state index contributed by atoms with van der Waals surface area (Å²) in [7, 11) is 3.23. The Bertz CT molecular complexity index is 681. The van der Waals surface area contributed by atoms with Gasteiger partial charge in [0.05, 0.1) is 12.7 Å². The second-order valence-corrected chi connectivity index (χ2v) is 4.78. The molecule has 0 atom stereocenters. The number of carbonyl (C=O) groups excluding carboxylic acids is 2. The summed E-state index contributed by atoms with van der Waals surface area (Å²) in [4.78, 5) is 25.1. The van der Waals surface area contributed by atoms with Crippen LogP contribution in [0.15, 0.2) is 48.5 Å². The van der Waals surface area contributed by atoms with Crippen molar-refractivity contribution in [3.63, 3.8) is 0 Å². The SMILES string of the molecule is COc1ccccc1C(=O)Nc1ccc(N(C)C(C)=O)cc1. The highest BCUT2D eigenvalue weighted by atomic mass is 16.5. The van der Waals surface area contributed by atoms with E-state index in [1.165, 1.54) is 18.9 Å². The van der Waals surface area contributed by atoms with Crippen LogP contribution in [-0.4, -0.2) is 26.0 Å². The number of carbonyl (C=O) groups is 2. The van der Waals surface area contributed by atoms with Crippen molar-refractivity contribution in [2.24, 2.45) is 0 Å². The van der Waals surface area contributed by atoms with Crippen molar-refractivity contribution in [3.05, 3.63) is 54.1 Å². The predicted octanol–water partition coefficient (Wildman–Crippen LogP) is 2.93. The largest absolute Gasteiger partial charge is 0.496 e. The van der Waals surface area contributed by atoms with E-state index in [2.05, 4.69) is 5.32 Å². The summed E-state index contributed by atoms with van der Waals surface area (Å²) in [5.41, 5.74) is 1.88. The van der Waals surface area contributed by atoms with Crippen LogP contribution in [0.2, 0.25) is 0 Å². The standard InChI is InChI=1S/C17H18N2O3/c1-12(20)19(2)14-10-8-13(9-11-14)18-17(21)15-6-4-5-7-16(15)22-3/h4-11H,1-3H3,(H,18,21). The zero-order valence-electron chi connectivity index (χ0n) is 12.8. The summed E-state index contributed by atoms with van der Waals surface area (Å²) in [5.74, 6) is 0.226. The van der Waals surface area contributed by atoms with E-state index in [-0.39, 0.29) is 11.8 Å². The molecule has 2 aromatic rings. The fraction of sp³-hybridized carbons (Fsp3) is 0.176. The fourth-order valence-electron chi connectivity index (χ4n) is 1.98. The molecule has 0 spiro atoms. The number of anilines is 2. The third-order valence-corrected chi connectivity index (χ3v) is 3.34. The smallest absolute Gasteiger partial charge is 0.259 e. The molecule has 0 bridgehead atoms. The molecular weight excluding hydrogens is 280 g/mol. The van der Waals surface area contributed by atoms with Gasteiger partial charge in [0.15, 0.2) is 0 Å². The van der Waals surface area contributed by atoms with Gasteiger partial charge in [-0.05, 0) is 36.4 Å². The molecule has 0 radical (unpaired) electrons. The van der Waals surface area contributed by atoms with Gasteiger partial charge in [0.1, 0.15) is 5.75 Å². The lowest BCUT2D eigenvalue weighted by Gasteiger charge is -2.15. The van der Waals surface area contributed by atoms with Gasteiger partial charge in [-0.3, -0.25) is 9.59 Å². The second kappa shape index (κ2) is 6.76. The Hall–Kier alpha value is -2.82. The summed E-state index contributed by atoms with van der Waals surface area (Å²) in [6, 6.07) is 14.1. The van der Waals surface area contributed by atoms with E-state index >= 15 is 0 Å². The summed E-state index contributed by atoms with van der Waals surface area (Å²) >= 11 is 0. The first-order valence-electron chi connectivity index (χ1n) is 6.81. The van der Waals surface area contributed by atoms with Crippen molar-refractivity contribution in [2.75, 3.05) is 24.4 Å². The van der Waals surface area contributed by atoms with Gasteiger partial charge in [-0.15, -0.1) is 0 Å². The molecule has 2 aromatic carbocycles. The van der Waals surface area contributed by atoms with Crippen LogP contribution < -0.4 is 15.0 Å². The van der Waals surface area contributed by atoms with Gasteiger partial charge in [0.25, 0.3) is 5.91 Å². The minimum atomic E-state index is -0.245. The summed E-state index contributed by atoms with van der Waals surface area (Å²) in [6.45, 7) is 1.50. The van der Waals surface area contributed by atoms with Crippen LogP contribution in [0.3, 0.4) is 0 Å². The Morgan fingerprint density at radius 2 is 1.68 bits per heavy atom. The average Bonchev–Trinajstić information content (AvgIpc) is 2.54. The molecule has 22 heavy (non-hydrogen) atoms. The molecular formula is C17H18N2O3. The molecule has 2 amide bonds. The topological polar surface area (TPSA) is 58.6 Å². The van der Waals surface area contributed by atoms with E-state index < -0.39 is 0 Å². The van der Waals surface area contributed by atoms with Crippen molar-refractivity contribution in [2.45, 2.75) is 6.92 Å². The van der Waals surface area contributed by atoms with Gasteiger partial charge >= 0.3 is 0 Å². The molecule has 5 heteroatoms. The van der Waals surface area contributed by atoms with E-state index in [4.69, 9.17) is 4.74 Å². The first-order chi connectivity index (χ1) is 10.5. The maximum Gasteiger partial charge on any atom is 0.259 e. The van der Waals surface area contributed by atoms with E-state index in [0.29, 0.717) is 17.0 Å². The van der Waals surface area contributed by atoms with Gasteiger partial charge in [0, 0.05) is 25.3 Å². The molecule has 2 rings (SSSR count). The van der Waals surface area contributed by atoms with Crippen LogP contribution in [0.1, 0.15) is 17.3 Å². The fourth-order valence-corrected chi connectivity index (χ4v) is 1.98. The third-order valence-electron chi connectivity index (χ3n) is 3.34. The highest BCUT2D eigenvalue weighted by molar-refractivity contribution is 6.06. The van der Waals surface area contributed by atoms with Crippen LogP contribution in [0.25, 0.3) is 0 Å². The molecule has 0 fully saturated rings. The Balaban J connectivity index is 2.14. The summed E-state index contributed by atoms with van der Waals surface area (Å²) in [6.07, 6.45) is 0. The van der Waals surface area contributed by atoms with E-state index in [1.54, 1.807) is 49.5 Å². The van der Waals surface area contributed by atoms with Gasteiger partial charge in [-0.2, -0.15) is 0 Å². The van der Waals surface area contributed by atoms with Crippen molar-refractivity contribution in [1.29, 1.82) is 0 Å². The van der Waals surface area contributed by atoms with Crippen LogP contribution >= 0.6 is 0 Å². The molecule has 0 aliphatic carbocycles. The van der Waals surface area contributed by atoms with Crippen molar-refractivity contribution < 1.29 is 14.3 Å². The van der Waals surface area contributed by atoms with E-state index in [0.717, 1.165) is 5.69 Å². The van der Waals surface area contributed by atoms with Gasteiger partial charge < -0.3 is 15.0 Å². The molecule has 114 valence electrons. The lowest BCUT2D eigenvalue weighted by Crippen LogP contribution is -2.22. The maximum absolute atomic E-state index is 12.3. The first kappa shape index (κ1) is 15.6. The number of methoxy groups -OCH3 is 1. The Labute approximate surface area is 129 Å². The molecule has 5 nitrogen and oxygen atoms in total. The van der Waals surface area contributed by atoms with E-state index in [1.807, 2.05) is 6.07 Å². The lowest BCUT2D eigenvalue weighted by atomic mass is 10.2. The number of hydrogen-bond donors (Lipinski definition) is 1. The minimum absolute atomic E-state index is 0.0502. The number of nitrogens with zero attached hydrogens (tertiary/aromatic N) is 1. The number of rotatable bonds is 4. The normalized spacial score (nSPS) is 9.95. The molecule has 0 heterocycles. The molecule has 0 aliphatic heterocycles. The summed E-state index contributed by atoms with van der Waals surface area (Å²) in [5, 5.41) is 2.81. The Kier molecular flexibility index (Phi) is 4.78. The number of nitrogens with one attached hydrogen (secondary N) is 1. The summed E-state index contributed by atoms with van der Waals surface area (Å²) < 4.78 is 5.18. The molecule has 1 N–H and O–H groups in total. The minimum Gasteiger partial charge on any atom is -0.496 e. The van der Waals surface area contributed by atoms with Crippen LogP contribution in [0, 0.1) is 0 Å². The quantitative estimate of drug-likeness (QED) is 0.944.